The maximum atomic E-state index is 11.7. The molecule has 0 saturated heterocycles. The van der Waals surface area contributed by atoms with E-state index in [-0.39, 0.29) is 35.1 Å². The Morgan fingerprint density at radius 1 is 1.17 bits per heavy atom. The van der Waals surface area contributed by atoms with Gasteiger partial charge in [-0.05, 0) is 58.1 Å². The second-order valence-corrected chi connectivity index (χ2v) is 10.2. The number of rotatable bonds is 6. The highest BCUT2D eigenvalue weighted by Crippen LogP contribution is 2.55. The van der Waals surface area contributed by atoms with Gasteiger partial charge in [0.25, 0.3) is 5.69 Å². The van der Waals surface area contributed by atoms with Crippen molar-refractivity contribution < 1.29 is 14.4 Å². The summed E-state index contributed by atoms with van der Waals surface area (Å²) in [5, 5.41) is 16.3. The van der Waals surface area contributed by atoms with Crippen LogP contribution in [0.1, 0.15) is 35.1 Å². The summed E-state index contributed by atoms with van der Waals surface area (Å²) in [6.45, 7) is 0.289. The average molecular weight is 576 g/mol. The van der Waals surface area contributed by atoms with Crippen LogP contribution in [-0.4, -0.2) is 12.0 Å². The minimum atomic E-state index is -0.342. The number of hydrogen-bond donors (Lipinski definition) is 1. The van der Waals surface area contributed by atoms with Crippen LogP contribution in [0.4, 0.5) is 11.4 Å². The number of nitrogens with zero attached hydrogens (tertiary/aromatic N) is 1. The monoisotopic (exact) mass is 574 g/mol. The molecule has 180 valence electrons. The number of halogens is 3. The van der Waals surface area contributed by atoms with Crippen LogP contribution >= 0.6 is 39.1 Å². The summed E-state index contributed by atoms with van der Waals surface area (Å²) in [7, 11) is 1.59. The molecular formula is C26H21BrCl2N2O4. The number of benzene rings is 3. The van der Waals surface area contributed by atoms with Gasteiger partial charge in [-0.15, -0.1) is 0 Å². The number of anilines is 1. The van der Waals surface area contributed by atoms with Crippen molar-refractivity contribution in [3.63, 3.8) is 0 Å². The van der Waals surface area contributed by atoms with E-state index in [2.05, 4.69) is 27.3 Å². The molecule has 9 heteroatoms. The minimum Gasteiger partial charge on any atom is -0.493 e. The van der Waals surface area contributed by atoms with Crippen molar-refractivity contribution in [3.05, 3.63) is 102 Å². The molecule has 3 aromatic rings. The van der Waals surface area contributed by atoms with Crippen LogP contribution in [0.15, 0.2) is 65.2 Å². The van der Waals surface area contributed by atoms with Crippen molar-refractivity contribution in [3.8, 4) is 11.5 Å². The highest BCUT2D eigenvalue weighted by molar-refractivity contribution is 9.10. The van der Waals surface area contributed by atoms with E-state index in [1.807, 2.05) is 42.5 Å². The quantitative estimate of drug-likeness (QED) is 0.183. The smallest absolute Gasteiger partial charge is 0.275 e. The molecule has 2 aliphatic rings. The molecule has 5 rings (SSSR count). The first-order valence-corrected chi connectivity index (χ1v) is 12.6. The summed E-state index contributed by atoms with van der Waals surface area (Å²) in [6.07, 6.45) is 4.92. The van der Waals surface area contributed by atoms with Crippen LogP contribution in [-0.2, 0) is 6.61 Å². The lowest BCUT2D eigenvalue weighted by Gasteiger charge is -2.37. The number of allylic oxidation sites excluding steroid dienone is 2. The molecule has 3 atom stereocenters. The molecule has 1 N–H and O–H groups in total. The molecule has 6 nitrogen and oxygen atoms in total. The topological polar surface area (TPSA) is 73.6 Å². The van der Waals surface area contributed by atoms with Gasteiger partial charge in [-0.3, -0.25) is 10.1 Å². The highest BCUT2D eigenvalue weighted by atomic mass is 79.9. The number of nitro groups is 1. The van der Waals surface area contributed by atoms with Gasteiger partial charge in [-0.25, -0.2) is 0 Å². The first-order valence-electron chi connectivity index (χ1n) is 11.0. The van der Waals surface area contributed by atoms with Crippen LogP contribution in [0.2, 0.25) is 10.0 Å². The molecule has 0 spiro atoms. The van der Waals surface area contributed by atoms with E-state index in [9.17, 15) is 10.1 Å². The third-order valence-corrected chi connectivity index (χ3v) is 7.86. The number of methoxy groups -OCH3 is 1. The SMILES string of the molecule is COc1cc([C@@H]2Nc3c(Cl)ccc([N+](=O)[O-])c3[C@H]3C=CC[C@H]32)cc(Br)c1OCc1ccccc1Cl. The summed E-state index contributed by atoms with van der Waals surface area (Å²) in [4.78, 5) is 11.4. The van der Waals surface area contributed by atoms with Gasteiger partial charge in [0.15, 0.2) is 11.5 Å². The minimum absolute atomic E-state index is 0.0824. The molecule has 1 aliphatic carbocycles. The highest BCUT2D eigenvalue weighted by Gasteiger charge is 2.42. The van der Waals surface area contributed by atoms with Gasteiger partial charge in [0, 0.05) is 22.6 Å². The third kappa shape index (κ3) is 4.37. The van der Waals surface area contributed by atoms with Gasteiger partial charge >= 0.3 is 0 Å². The fourth-order valence-electron chi connectivity index (χ4n) is 4.97. The lowest BCUT2D eigenvalue weighted by atomic mass is 9.76. The van der Waals surface area contributed by atoms with E-state index in [1.165, 1.54) is 6.07 Å². The Labute approximate surface area is 221 Å². The largest absolute Gasteiger partial charge is 0.493 e. The van der Waals surface area contributed by atoms with Crippen LogP contribution in [0.25, 0.3) is 0 Å². The van der Waals surface area contributed by atoms with E-state index in [0.29, 0.717) is 32.8 Å². The summed E-state index contributed by atoms with van der Waals surface area (Å²) in [6, 6.07) is 14.4. The Morgan fingerprint density at radius 3 is 2.71 bits per heavy atom. The Kier molecular flexibility index (Phi) is 6.66. The molecule has 1 heterocycles. The lowest BCUT2D eigenvalue weighted by molar-refractivity contribution is -0.385. The fourth-order valence-corrected chi connectivity index (χ4v) is 5.95. The second kappa shape index (κ2) is 9.72. The molecule has 35 heavy (non-hydrogen) atoms. The van der Waals surface area contributed by atoms with Gasteiger partial charge in [-0.1, -0.05) is 53.6 Å². The molecule has 0 saturated carbocycles. The summed E-state index contributed by atoms with van der Waals surface area (Å²) < 4.78 is 12.5. The predicted octanol–water partition coefficient (Wildman–Crippen LogP) is 8.08. The summed E-state index contributed by atoms with van der Waals surface area (Å²) in [5.74, 6) is 1.12. The lowest BCUT2D eigenvalue weighted by Crippen LogP contribution is -2.30. The molecule has 0 unspecified atom stereocenters. The second-order valence-electron chi connectivity index (χ2n) is 8.50. The number of ether oxygens (including phenoxy) is 2. The molecular weight excluding hydrogens is 555 g/mol. The van der Waals surface area contributed by atoms with Crippen LogP contribution in [0, 0.1) is 16.0 Å². The number of hydrogen-bond acceptors (Lipinski definition) is 5. The fraction of sp³-hybridized carbons (Fsp3) is 0.231. The van der Waals surface area contributed by atoms with Crippen molar-refractivity contribution in [2.45, 2.75) is 25.0 Å². The van der Waals surface area contributed by atoms with Crippen molar-refractivity contribution in [1.29, 1.82) is 0 Å². The van der Waals surface area contributed by atoms with Gasteiger partial charge in [0.05, 0.1) is 38.8 Å². The molecule has 1 aliphatic heterocycles. The summed E-state index contributed by atoms with van der Waals surface area (Å²) >= 11 is 16.4. The Hall–Kier alpha value is -2.74. The van der Waals surface area contributed by atoms with Crippen LogP contribution in [0.3, 0.4) is 0 Å². The van der Waals surface area contributed by atoms with Crippen molar-refractivity contribution >= 4 is 50.5 Å². The summed E-state index contributed by atoms with van der Waals surface area (Å²) in [5.41, 5.74) is 3.16. The van der Waals surface area contributed by atoms with Gasteiger partial charge < -0.3 is 14.8 Å². The van der Waals surface area contributed by atoms with E-state index in [0.717, 1.165) is 22.0 Å². The Morgan fingerprint density at radius 2 is 1.97 bits per heavy atom. The number of fused-ring (bicyclic) bond motifs is 3. The van der Waals surface area contributed by atoms with Crippen molar-refractivity contribution in [1.82, 2.24) is 0 Å². The molecule has 0 fully saturated rings. The molecule has 0 bridgehead atoms. The normalized spacial score (nSPS) is 20.1. The number of nitrogens with one attached hydrogen (secondary N) is 1. The molecule has 0 aromatic heterocycles. The van der Waals surface area contributed by atoms with E-state index >= 15 is 0 Å². The van der Waals surface area contributed by atoms with Crippen LogP contribution in [0.5, 0.6) is 11.5 Å². The molecule has 0 radical (unpaired) electrons. The van der Waals surface area contributed by atoms with Crippen molar-refractivity contribution in [2.75, 3.05) is 12.4 Å². The maximum Gasteiger partial charge on any atom is 0.275 e. The Balaban J connectivity index is 1.51. The first-order chi connectivity index (χ1) is 16.9. The average Bonchev–Trinajstić information content (AvgIpc) is 3.33. The predicted molar refractivity (Wildman–Crippen MR) is 141 cm³/mol. The van der Waals surface area contributed by atoms with Gasteiger partial charge in [0.2, 0.25) is 0 Å². The van der Waals surface area contributed by atoms with Gasteiger partial charge in [0.1, 0.15) is 6.61 Å². The van der Waals surface area contributed by atoms with E-state index in [1.54, 1.807) is 13.2 Å². The molecule has 0 amide bonds. The zero-order valence-corrected chi connectivity index (χ0v) is 21.7. The third-order valence-electron chi connectivity index (χ3n) is 6.58. The van der Waals surface area contributed by atoms with E-state index in [4.69, 9.17) is 32.7 Å². The first kappa shape index (κ1) is 24.0. The standard InChI is InChI=1S/C26H21BrCl2N2O4/c1-34-22-12-15(11-18(27)26(22)35-13-14-5-2-3-8-19(14)28)24-17-7-4-6-16(17)23-21(31(32)33)10-9-20(29)25(23)30-24/h2-6,8-12,16-17,24,30H,7,13H2,1H3/t16-,17+,24-/m0/s1. The maximum absolute atomic E-state index is 11.7. The van der Waals surface area contributed by atoms with Crippen LogP contribution < -0.4 is 14.8 Å². The van der Waals surface area contributed by atoms with Gasteiger partial charge in [-0.2, -0.15) is 0 Å². The Bertz CT molecular complexity index is 1350. The zero-order valence-electron chi connectivity index (χ0n) is 18.6. The van der Waals surface area contributed by atoms with Crippen molar-refractivity contribution in [2.24, 2.45) is 5.92 Å². The molecule has 3 aromatic carbocycles. The zero-order chi connectivity index (χ0) is 24.7. The van der Waals surface area contributed by atoms with E-state index < -0.39 is 0 Å². The number of nitro benzene ring substituents is 1.